The second kappa shape index (κ2) is 5.86. The van der Waals surface area contributed by atoms with E-state index in [0.29, 0.717) is 18.3 Å². The molecule has 0 saturated carbocycles. The smallest absolute Gasteiger partial charge is 0.293 e. The molecule has 130 valence electrons. The Bertz CT molecular complexity index is 816. The van der Waals surface area contributed by atoms with Gasteiger partial charge in [-0.3, -0.25) is 9.78 Å². The van der Waals surface area contributed by atoms with Crippen molar-refractivity contribution in [3.05, 3.63) is 41.0 Å². The van der Waals surface area contributed by atoms with Crippen LogP contribution in [0.1, 0.15) is 53.2 Å². The number of hydrogen-bond donors (Lipinski definition) is 0. The summed E-state index contributed by atoms with van der Waals surface area (Å²) < 4.78 is 5.50. The number of carbonyl (C=O) groups excluding carboxylic acids is 1. The molecule has 4 heterocycles. The zero-order chi connectivity index (χ0) is 16.8. The number of rotatable bonds is 1. The third-order valence-electron chi connectivity index (χ3n) is 5.77. The number of aromatic nitrogens is 2. The van der Waals surface area contributed by atoms with Crippen molar-refractivity contribution >= 4 is 11.6 Å². The zero-order valence-corrected chi connectivity index (χ0v) is 14.3. The van der Waals surface area contributed by atoms with Crippen molar-refractivity contribution in [3.8, 4) is 0 Å². The van der Waals surface area contributed by atoms with E-state index in [2.05, 4.69) is 21.1 Å². The van der Waals surface area contributed by atoms with Gasteiger partial charge in [0.1, 0.15) is 0 Å². The van der Waals surface area contributed by atoms with Crippen molar-refractivity contribution in [1.82, 2.24) is 15.0 Å². The summed E-state index contributed by atoms with van der Waals surface area (Å²) in [6, 6.07) is 4.48. The first-order chi connectivity index (χ1) is 12.3. The molecular formula is C19H22N4O2. The van der Waals surface area contributed by atoms with Crippen LogP contribution < -0.4 is 4.90 Å². The molecule has 1 aliphatic carbocycles. The van der Waals surface area contributed by atoms with Crippen molar-refractivity contribution < 1.29 is 9.32 Å². The van der Waals surface area contributed by atoms with Crippen LogP contribution in [0, 0.1) is 0 Å². The molecule has 3 aliphatic rings. The van der Waals surface area contributed by atoms with Gasteiger partial charge >= 0.3 is 0 Å². The van der Waals surface area contributed by atoms with Crippen molar-refractivity contribution in [1.29, 1.82) is 0 Å². The third kappa shape index (κ3) is 2.42. The van der Waals surface area contributed by atoms with Gasteiger partial charge in [-0.05, 0) is 50.7 Å². The molecular weight excluding hydrogens is 316 g/mol. The topological polar surface area (TPSA) is 62.5 Å². The number of fused-ring (bicyclic) bond motifs is 4. The molecule has 1 amide bonds. The van der Waals surface area contributed by atoms with Crippen LogP contribution >= 0.6 is 0 Å². The summed E-state index contributed by atoms with van der Waals surface area (Å²) in [5, 5.41) is 4.16. The lowest BCUT2D eigenvalue weighted by molar-refractivity contribution is 0.0692. The average molecular weight is 338 g/mol. The number of pyridine rings is 1. The molecule has 2 aromatic heterocycles. The van der Waals surface area contributed by atoms with Gasteiger partial charge in [-0.15, -0.1) is 0 Å². The highest BCUT2D eigenvalue weighted by Gasteiger charge is 2.36. The first-order valence-electron chi connectivity index (χ1n) is 9.28. The number of amides is 1. The quantitative estimate of drug-likeness (QED) is 0.800. The third-order valence-corrected chi connectivity index (χ3v) is 5.77. The Hall–Kier alpha value is -2.37. The summed E-state index contributed by atoms with van der Waals surface area (Å²) in [5.41, 5.74) is 4.17. The summed E-state index contributed by atoms with van der Waals surface area (Å²) in [6.07, 6.45) is 8.16. The molecule has 2 aromatic rings. The Morgan fingerprint density at radius 1 is 1.20 bits per heavy atom. The molecule has 25 heavy (non-hydrogen) atoms. The van der Waals surface area contributed by atoms with Crippen LogP contribution in [-0.2, 0) is 19.4 Å². The predicted octanol–water partition coefficient (Wildman–Crippen LogP) is 2.57. The van der Waals surface area contributed by atoms with Gasteiger partial charge in [0.25, 0.3) is 5.91 Å². The first-order valence-corrected chi connectivity index (χ1v) is 9.28. The van der Waals surface area contributed by atoms with Crippen LogP contribution in [0.2, 0.25) is 0 Å². The molecule has 2 aliphatic heterocycles. The summed E-state index contributed by atoms with van der Waals surface area (Å²) in [4.78, 5) is 22.1. The van der Waals surface area contributed by atoms with Crippen LogP contribution in [0.3, 0.4) is 0 Å². The SMILES string of the molecule is O=C(c1onc2c1CCCC2)N1Cc2ncccc2N2CCC[C@H]2C1. The normalized spacial score (nSPS) is 22.2. The standard InChI is InChI=1S/C19H22N4O2/c24-19(18-14-6-1-2-7-15(14)21-25-18)22-11-13-5-4-10-23(13)17-8-3-9-20-16(17)12-22/h3,8-9,13H,1-2,4-7,10-12H2/t13-/m0/s1. The van der Waals surface area contributed by atoms with E-state index in [1.54, 1.807) is 0 Å². The van der Waals surface area contributed by atoms with E-state index in [4.69, 9.17) is 4.52 Å². The number of aryl methyl sites for hydroxylation is 1. The minimum absolute atomic E-state index is 0.0268. The lowest BCUT2D eigenvalue weighted by Crippen LogP contribution is -2.40. The van der Waals surface area contributed by atoms with Crippen molar-refractivity contribution in [2.75, 3.05) is 18.0 Å². The van der Waals surface area contributed by atoms with Crippen molar-refractivity contribution in [2.24, 2.45) is 0 Å². The van der Waals surface area contributed by atoms with E-state index in [1.807, 2.05) is 17.2 Å². The van der Waals surface area contributed by atoms with Crippen LogP contribution in [0.5, 0.6) is 0 Å². The molecule has 0 unspecified atom stereocenters. The Morgan fingerprint density at radius 3 is 3.08 bits per heavy atom. The molecule has 0 radical (unpaired) electrons. The Labute approximate surface area is 146 Å². The predicted molar refractivity (Wildman–Crippen MR) is 92.5 cm³/mol. The highest BCUT2D eigenvalue weighted by atomic mass is 16.5. The van der Waals surface area contributed by atoms with Gasteiger partial charge in [-0.1, -0.05) is 5.16 Å². The molecule has 0 bridgehead atoms. The molecule has 5 rings (SSSR count). The molecule has 0 N–H and O–H groups in total. The summed E-state index contributed by atoms with van der Waals surface area (Å²) in [7, 11) is 0. The van der Waals surface area contributed by atoms with Gasteiger partial charge in [0.05, 0.1) is 23.6 Å². The second-order valence-electron chi connectivity index (χ2n) is 7.29. The van der Waals surface area contributed by atoms with Crippen molar-refractivity contribution in [3.63, 3.8) is 0 Å². The number of hydrogen-bond acceptors (Lipinski definition) is 5. The number of anilines is 1. The van der Waals surface area contributed by atoms with E-state index >= 15 is 0 Å². The Kier molecular flexibility index (Phi) is 3.50. The van der Waals surface area contributed by atoms with E-state index in [-0.39, 0.29) is 5.91 Å². The van der Waals surface area contributed by atoms with Crippen LogP contribution in [-0.4, -0.2) is 40.1 Å². The lowest BCUT2D eigenvalue weighted by Gasteiger charge is -2.27. The van der Waals surface area contributed by atoms with Gasteiger partial charge in [-0.2, -0.15) is 0 Å². The highest BCUT2D eigenvalue weighted by Crippen LogP contribution is 2.33. The molecule has 1 saturated heterocycles. The van der Waals surface area contributed by atoms with Gasteiger partial charge in [0.2, 0.25) is 5.76 Å². The Morgan fingerprint density at radius 2 is 2.12 bits per heavy atom. The minimum atomic E-state index is -0.0268. The van der Waals surface area contributed by atoms with Crippen LogP contribution in [0.15, 0.2) is 22.9 Å². The molecule has 6 heteroatoms. The van der Waals surface area contributed by atoms with E-state index in [0.717, 1.165) is 62.1 Å². The largest absolute Gasteiger partial charge is 0.365 e. The fourth-order valence-electron chi connectivity index (χ4n) is 4.51. The van der Waals surface area contributed by atoms with E-state index < -0.39 is 0 Å². The van der Waals surface area contributed by atoms with Gasteiger partial charge in [0, 0.05) is 30.9 Å². The first kappa shape index (κ1) is 14.9. The maximum Gasteiger partial charge on any atom is 0.293 e. The Balaban J connectivity index is 1.50. The van der Waals surface area contributed by atoms with Gasteiger partial charge in [0.15, 0.2) is 0 Å². The zero-order valence-electron chi connectivity index (χ0n) is 14.3. The molecule has 0 aromatic carbocycles. The molecule has 1 fully saturated rings. The van der Waals surface area contributed by atoms with E-state index in [1.165, 1.54) is 12.1 Å². The number of carbonyl (C=O) groups is 1. The highest BCUT2D eigenvalue weighted by molar-refractivity contribution is 5.93. The van der Waals surface area contributed by atoms with Gasteiger partial charge in [-0.25, -0.2) is 0 Å². The minimum Gasteiger partial charge on any atom is -0.365 e. The molecule has 6 nitrogen and oxygen atoms in total. The average Bonchev–Trinajstić information content (AvgIpc) is 3.25. The summed E-state index contributed by atoms with van der Waals surface area (Å²) >= 11 is 0. The van der Waals surface area contributed by atoms with E-state index in [9.17, 15) is 4.79 Å². The maximum atomic E-state index is 13.2. The number of nitrogens with zero attached hydrogens (tertiary/aromatic N) is 4. The fourth-order valence-corrected chi connectivity index (χ4v) is 4.51. The van der Waals surface area contributed by atoms with Crippen molar-refractivity contribution in [2.45, 2.75) is 51.1 Å². The summed E-state index contributed by atoms with van der Waals surface area (Å²) in [6.45, 7) is 2.31. The van der Waals surface area contributed by atoms with Crippen LogP contribution in [0.25, 0.3) is 0 Å². The fraction of sp³-hybridized carbons (Fsp3) is 0.526. The monoisotopic (exact) mass is 338 g/mol. The van der Waals surface area contributed by atoms with Crippen LogP contribution in [0.4, 0.5) is 5.69 Å². The molecule has 0 spiro atoms. The summed E-state index contributed by atoms with van der Waals surface area (Å²) in [5.74, 6) is 0.430. The maximum absolute atomic E-state index is 13.2. The molecule has 1 atom stereocenters. The lowest BCUT2D eigenvalue weighted by atomic mass is 9.96. The second-order valence-corrected chi connectivity index (χ2v) is 7.29. The van der Waals surface area contributed by atoms with Gasteiger partial charge < -0.3 is 14.3 Å².